The van der Waals surface area contributed by atoms with Crippen molar-refractivity contribution >= 4 is 5.97 Å². The summed E-state index contributed by atoms with van der Waals surface area (Å²) in [7, 11) is 0. The van der Waals surface area contributed by atoms with Gasteiger partial charge in [-0.05, 0) is 19.3 Å². The Morgan fingerprint density at radius 1 is 0.818 bits per heavy atom. The average molecular weight is 308 g/mol. The van der Waals surface area contributed by atoms with E-state index in [2.05, 4.69) is 6.92 Å². The van der Waals surface area contributed by atoms with Crippen molar-refractivity contribution in [3.8, 4) is 0 Å². The smallest absolute Gasteiger partial charge is 1.00 e. The number of aliphatic carboxylic acids is 1. The van der Waals surface area contributed by atoms with Crippen molar-refractivity contribution in [2.45, 2.75) is 109 Å². The molecule has 2 N–H and O–H groups in total. The summed E-state index contributed by atoms with van der Waals surface area (Å²) in [5.41, 5.74) is 0. The van der Waals surface area contributed by atoms with E-state index >= 15 is 0 Å². The number of aliphatic hydroxyl groups excluding tert-OH is 1. The quantitative estimate of drug-likeness (QED) is 0.340. The number of aliphatic hydroxyl groups is 1. The van der Waals surface area contributed by atoms with E-state index in [4.69, 9.17) is 5.11 Å². The minimum absolute atomic E-state index is 0. The van der Waals surface area contributed by atoms with Crippen LogP contribution in [0.4, 0.5) is 0 Å². The third-order valence-corrected chi connectivity index (χ3v) is 4.07. The number of rotatable bonds is 16. The molecule has 0 aromatic rings. The van der Waals surface area contributed by atoms with Crippen molar-refractivity contribution in [1.29, 1.82) is 0 Å². The second-order valence-electron chi connectivity index (χ2n) is 6.26. The molecule has 0 aromatic heterocycles. The number of hydrogen-bond acceptors (Lipinski definition) is 2. The summed E-state index contributed by atoms with van der Waals surface area (Å²) in [6.45, 7) is 2.24. The summed E-state index contributed by atoms with van der Waals surface area (Å²) in [4.78, 5) is 10.3. The Kier molecular flexibility index (Phi) is 21.1. The van der Waals surface area contributed by atoms with Gasteiger partial charge < -0.3 is 11.6 Å². The Morgan fingerprint density at radius 2 is 1.23 bits per heavy atom. The first-order valence-corrected chi connectivity index (χ1v) is 9.06. The van der Waals surface area contributed by atoms with Gasteiger partial charge >= 0.3 is 24.8 Å². The molecule has 4 heteroatoms. The van der Waals surface area contributed by atoms with Gasteiger partial charge in [-0.2, -0.15) is 0 Å². The first kappa shape index (κ1) is 24.3. The van der Waals surface area contributed by atoms with Crippen LogP contribution >= 0.6 is 0 Å². The summed E-state index contributed by atoms with van der Waals surface area (Å²) in [6.07, 6.45) is 16.2. The summed E-state index contributed by atoms with van der Waals surface area (Å²) >= 11 is 0. The van der Waals surface area contributed by atoms with Crippen LogP contribution in [0.15, 0.2) is 0 Å². The molecular formula is C18H37LiO3. The molecule has 0 spiro atoms. The van der Waals surface area contributed by atoms with E-state index in [1.54, 1.807) is 0 Å². The molecule has 0 fully saturated rings. The van der Waals surface area contributed by atoms with Gasteiger partial charge in [0.25, 0.3) is 0 Å². The number of carboxylic acids is 1. The minimum Gasteiger partial charge on any atom is -1.00 e. The zero-order valence-corrected chi connectivity index (χ0v) is 15.0. The van der Waals surface area contributed by atoms with Crippen LogP contribution in [-0.4, -0.2) is 22.3 Å². The molecule has 128 valence electrons. The average Bonchev–Trinajstić information content (AvgIpc) is 2.45. The second-order valence-corrected chi connectivity index (χ2v) is 6.26. The van der Waals surface area contributed by atoms with Gasteiger partial charge in [-0.25, -0.2) is 0 Å². The molecule has 22 heavy (non-hydrogen) atoms. The Balaban J connectivity index is -0.00000200. The Hall–Kier alpha value is 0.0274. The standard InChI is InChI=1S/C18H36O3.Li.H/c1-2-3-4-5-6-8-11-14-17(19)15-12-9-7-10-13-16-18(20)21;;/h17,19H,2-16H2,1H3,(H,20,21);;/q;+1;-1. The maximum atomic E-state index is 10.3. The van der Waals surface area contributed by atoms with E-state index in [1.165, 1.54) is 38.5 Å². The molecule has 0 heterocycles. The van der Waals surface area contributed by atoms with E-state index in [9.17, 15) is 9.90 Å². The predicted molar refractivity (Wildman–Crippen MR) is 89.7 cm³/mol. The molecule has 3 nitrogen and oxygen atoms in total. The first-order chi connectivity index (χ1) is 10.2. The SMILES string of the molecule is CCCCCCCCCC(O)CCCCCCCC(=O)O.[H-].[Li+]. The molecule has 0 saturated heterocycles. The van der Waals surface area contributed by atoms with Crippen LogP contribution in [0.1, 0.15) is 105 Å². The van der Waals surface area contributed by atoms with Gasteiger partial charge in [-0.3, -0.25) is 4.79 Å². The van der Waals surface area contributed by atoms with E-state index < -0.39 is 5.97 Å². The molecule has 0 saturated carbocycles. The van der Waals surface area contributed by atoms with Crippen LogP contribution in [0.2, 0.25) is 0 Å². The van der Waals surface area contributed by atoms with E-state index in [1.807, 2.05) is 0 Å². The molecule has 0 aromatic carbocycles. The van der Waals surface area contributed by atoms with Crippen LogP contribution in [0, 0.1) is 0 Å². The Labute approximate surface area is 150 Å². The third kappa shape index (κ3) is 20.0. The van der Waals surface area contributed by atoms with E-state index in [-0.39, 0.29) is 26.4 Å². The molecular weight excluding hydrogens is 271 g/mol. The summed E-state index contributed by atoms with van der Waals surface area (Å²) < 4.78 is 0. The number of carbonyl (C=O) groups is 1. The third-order valence-electron chi connectivity index (χ3n) is 4.07. The zero-order chi connectivity index (χ0) is 15.8. The molecule has 0 aliphatic carbocycles. The van der Waals surface area contributed by atoms with Crippen molar-refractivity contribution in [3.63, 3.8) is 0 Å². The van der Waals surface area contributed by atoms with Crippen molar-refractivity contribution in [2.24, 2.45) is 0 Å². The van der Waals surface area contributed by atoms with Crippen molar-refractivity contribution in [2.75, 3.05) is 0 Å². The number of carboxylic acid groups (broad SMARTS) is 1. The van der Waals surface area contributed by atoms with Crippen LogP contribution in [0.3, 0.4) is 0 Å². The Morgan fingerprint density at radius 3 is 1.68 bits per heavy atom. The minimum atomic E-state index is -0.694. The maximum Gasteiger partial charge on any atom is 1.00 e. The number of hydrogen-bond donors (Lipinski definition) is 2. The maximum absolute atomic E-state index is 10.3. The predicted octanol–water partition coefficient (Wildman–Crippen LogP) is 2.42. The fourth-order valence-electron chi connectivity index (χ4n) is 2.67. The fourth-order valence-corrected chi connectivity index (χ4v) is 2.67. The van der Waals surface area contributed by atoms with Gasteiger partial charge in [-0.15, -0.1) is 0 Å². The van der Waals surface area contributed by atoms with Crippen LogP contribution in [0.25, 0.3) is 0 Å². The monoisotopic (exact) mass is 308 g/mol. The van der Waals surface area contributed by atoms with Gasteiger partial charge in [0, 0.05) is 6.42 Å². The topological polar surface area (TPSA) is 57.5 Å². The van der Waals surface area contributed by atoms with Gasteiger partial charge in [0.15, 0.2) is 0 Å². The molecule has 1 atom stereocenters. The number of unbranched alkanes of at least 4 members (excludes halogenated alkanes) is 10. The molecule has 0 radical (unpaired) electrons. The normalized spacial score (nSPS) is 11.9. The van der Waals surface area contributed by atoms with Crippen LogP contribution in [-0.2, 0) is 4.79 Å². The summed E-state index contributed by atoms with van der Waals surface area (Å²) in [5, 5.41) is 18.4. The first-order valence-electron chi connectivity index (χ1n) is 9.06. The van der Waals surface area contributed by atoms with Crippen molar-refractivity contribution < 1.29 is 35.3 Å². The molecule has 0 amide bonds. The Bertz CT molecular complexity index is 240. The molecule has 0 aliphatic heterocycles. The van der Waals surface area contributed by atoms with Gasteiger partial charge in [0.05, 0.1) is 6.10 Å². The second kappa shape index (κ2) is 19.1. The van der Waals surface area contributed by atoms with Crippen LogP contribution < -0.4 is 18.9 Å². The van der Waals surface area contributed by atoms with E-state index in [0.29, 0.717) is 6.42 Å². The summed E-state index contributed by atoms with van der Waals surface area (Å²) in [5.74, 6) is -0.694. The molecule has 0 rings (SSSR count). The van der Waals surface area contributed by atoms with Gasteiger partial charge in [0.1, 0.15) is 0 Å². The fraction of sp³-hybridized carbons (Fsp3) is 0.944. The summed E-state index contributed by atoms with van der Waals surface area (Å²) in [6, 6.07) is 0. The van der Waals surface area contributed by atoms with Crippen molar-refractivity contribution in [1.82, 2.24) is 0 Å². The zero-order valence-electron chi connectivity index (χ0n) is 16.0. The largest absolute Gasteiger partial charge is 1.00 e. The van der Waals surface area contributed by atoms with Gasteiger partial charge in [0.2, 0.25) is 0 Å². The van der Waals surface area contributed by atoms with E-state index in [0.717, 1.165) is 51.4 Å². The molecule has 0 bridgehead atoms. The molecule has 1 unspecified atom stereocenters. The molecule has 0 aliphatic rings. The van der Waals surface area contributed by atoms with Crippen molar-refractivity contribution in [3.05, 3.63) is 0 Å². The van der Waals surface area contributed by atoms with Crippen LogP contribution in [0.5, 0.6) is 0 Å². The van der Waals surface area contributed by atoms with Gasteiger partial charge in [-0.1, -0.05) is 77.6 Å².